The molecule has 0 aliphatic heterocycles. The monoisotopic (exact) mass is 345 g/mol. The van der Waals surface area contributed by atoms with Gasteiger partial charge < -0.3 is 9.88 Å². The van der Waals surface area contributed by atoms with Crippen LogP contribution in [-0.2, 0) is 13.6 Å². The van der Waals surface area contributed by atoms with E-state index in [2.05, 4.69) is 20.3 Å². The Morgan fingerprint density at radius 2 is 1.69 bits per heavy atom. The number of aromatic nitrogens is 4. The lowest BCUT2D eigenvalue weighted by Gasteiger charge is -2.07. The molecule has 2 aromatic carbocycles. The Labute approximate surface area is 150 Å². The molecular formula is C20H19N5O. The summed E-state index contributed by atoms with van der Waals surface area (Å²) in [5, 5.41) is 2.94. The van der Waals surface area contributed by atoms with E-state index in [0.717, 1.165) is 39.3 Å². The number of fused-ring (bicyclic) bond motifs is 2. The summed E-state index contributed by atoms with van der Waals surface area (Å²) in [6.07, 6.45) is 0. The van der Waals surface area contributed by atoms with E-state index in [-0.39, 0.29) is 5.91 Å². The van der Waals surface area contributed by atoms with Crippen LogP contribution in [0.1, 0.15) is 27.6 Å². The van der Waals surface area contributed by atoms with Crippen LogP contribution in [0, 0.1) is 13.8 Å². The van der Waals surface area contributed by atoms with Crippen molar-refractivity contribution in [3.05, 3.63) is 65.2 Å². The summed E-state index contributed by atoms with van der Waals surface area (Å²) < 4.78 is 1.99. The number of carbonyl (C=O) groups excluding carboxylic acids is 1. The molecule has 2 aromatic heterocycles. The first-order valence-electron chi connectivity index (χ1n) is 8.46. The summed E-state index contributed by atoms with van der Waals surface area (Å²) in [6, 6.07) is 13.3. The predicted molar refractivity (Wildman–Crippen MR) is 101 cm³/mol. The zero-order valence-electron chi connectivity index (χ0n) is 14.9. The van der Waals surface area contributed by atoms with Crippen molar-refractivity contribution in [1.29, 1.82) is 0 Å². The summed E-state index contributed by atoms with van der Waals surface area (Å²) in [4.78, 5) is 26.1. The van der Waals surface area contributed by atoms with Crippen molar-refractivity contribution in [2.45, 2.75) is 20.4 Å². The number of hydrogen-bond donors (Lipinski definition) is 1. The lowest BCUT2D eigenvalue weighted by atomic mass is 10.1. The van der Waals surface area contributed by atoms with Gasteiger partial charge in [0.05, 0.1) is 40.0 Å². The second-order valence-electron chi connectivity index (χ2n) is 6.36. The highest BCUT2D eigenvalue weighted by Gasteiger charge is 2.11. The fraction of sp³-hybridized carbons (Fsp3) is 0.200. The first-order valence-corrected chi connectivity index (χ1v) is 8.46. The van der Waals surface area contributed by atoms with Gasteiger partial charge in [-0.1, -0.05) is 12.1 Å². The van der Waals surface area contributed by atoms with Crippen molar-refractivity contribution in [1.82, 2.24) is 24.8 Å². The molecular weight excluding hydrogens is 326 g/mol. The molecule has 6 nitrogen and oxygen atoms in total. The lowest BCUT2D eigenvalue weighted by Crippen LogP contribution is -2.24. The Balaban J connectivity index is 1.56. The number of hydrogen-bond acceptors (Lipinski definition) is 4. The van der Waals surface area contributed by atoms with Gasteiger partial charge >= 0.3 is 0 Å². The smallest absolute Gasteiger partial charge is 0.251 e. The molecule has 0 saturated carbocycles. The number of imidazole rings is 1. The number of para-hydroxylation sites is 2. The minimum Gasteiger partial charge on any atom is -0.345 e. The number of nitrogens with zero attached hydrogens (tertiary/aromatic N) is 4. The minimum absolute atomic E-state index is 0.154. The van der Waals surface area contributed by atoms with Crippen molar-refractivity contribution in [2.75, 3.05) is 0 Å². The van der Waals surface area contributed by atoms with Gasteiger partial charge in [-0.3, -0.25) is 4.79 Å². The molecule has 0 bridgehead atoms. The highest BCUT2D eigenvalue weighted by atomic mass is 16.1. The number of rotatable bonds is 3. The second kappa shape index (κ2) is 6.22. The largest absolute Gasteiger partial charge is 0.345 e. The molecule has 130 valence electrons. The van der Waals surface area contributed by atoms with Crippen LogP contribution in [-0.4, -0.2) is 25.4 Å². The molecule has 0 fully saturated rings. The van der Waals surface area contributed by atoms with E-state index in [1.807, 2.05) is 55.8 Å². The number of nitrogens with one attached hydrogen (secondary N) is 1. The van der Waals surface area contributed by atoms with E-state index in [9.17, 15) is 4.79 Å². The molecule has 0 atom stereocenters. The molecule has 2 heterocycles. The van der Waals surface area contributed by atoms with E-state index < -0.39 is 0 Å². The Kier molecular flexibility index (Phi) is 3.88. The van der Waals surface area contributed by atoms with Gasteiger partial charge in [-0.15, -0.1) is 0 Å². The Bertz CT molecular complexity index is 1150. The van der Waals surface area contributed by atoms with Crippen molar-refractivity contribution >= 4 is 28.0 Å². The van der Waals surface area contributed by atoms with E-state index in [1.54, 1.807) is 12.1 Å². The molecule has 0 aliphatic carbocycles. The molecule has 1 N–H and O–H groups in total. The maximum Gasteiger partial charge on any atom is 0.251 e. The van der Waals surface area contributed by atoms with Crippen molar-refractivity contribution in [2.24, 2.45) is 7.05 Å². The third kappa shape index (κ3) is 2.79. The molecule has 0 radical (unpaired) electrons. The summed E-state index contributed by atoms with van der Waals surface area (Å²) in [6.45, 7) is 4.21. The van der Waals surface area contributed by atoms with Crippen LogP contribution in [0.25, 0.3) is 22.1 Å². The molecule has 1 amide bonds. The van der Waals surface area contributed by atoms with Crippen LogP contribution in [0.15, 0.2) is 42.5 Å². The van der Waals surface area contributed by atoms with Gasteiger partial charge in [-0.05, 0) is 44.2 Å². The van der Waals surface area contributed by atoms with Crippen LogP contribution in [0.5, 0.6) is 0 Å². The van der Waals surface area contributed by atoms with Gasteiger partial charge in [-0.2, -0.15) is 0 Å². The van der Waals surface area contributed by atoms with Gasteiger partial charge in [0, 0.05) is 12.6 Å². The van der Waals surface area contributed by atoms with Crippen molar-refractivity contribution in [3.8, 4) is 0 Å². The fourth-order valence-corrected chi connectivity index (χ4v) is 2.99. The number of aryl methyl sites for hydroxylation is 3. The topological polar surface area (TPSA) is 72.7 Å². The van der Waals surface area contributed by atoms with E-state index in [0.29, 0.717) is 12.1 Å². The summed E-state index contributed by atoms with van der Waals surface area (Å²) in [5.74, 6) is 0.658. The van der Waals surface area contributed by atoms with E-state index in [1.165, 1.54) is 0 Å². The summed E-state index contributed by atoms with van der Waals surface area (Å²) in [7, 11) is 1.95. The maximum absolute atomic E-state index is 12.5. The van der Waals surface area contributed by atoms with E-state index >= 15 is 0 Å². The quantitative estimate of drug-likeness (QED) is 0.619. The molecule has 0 saturated heterocycles. The normalized spacial score (nSPS) is 11.2. The van der Waals surface area contributed by atoms with Crippen LogP contribution in [0.3, 0.4) is 0 Å². The Morgan fingerprint density at radius 3 is 2.46 bits per heavy atom. The predicted octanol–water partition coefficient (Wildman–Crippen LogP) is 3.06. The van der Waals surface area contributed by atoms with Crippen LogP contribution >= 0.6 is 0 Å². The van der Waals surface area contributed by atoms with E-state index in [4.69, 9.17) is 0 Å². The molecule has 4 rings (SSSR count). The summed E-state index contributed by atoms with van der Waals surface area (Å²) >= 11 is 0. The molecule has 0 unspecified atom stereocenters. The Morgan fingerprint density at radius 1 is 0.962 bits per heavy atom. The van der Waals surface area contributed by atoms with Gasteiger partial charge in [0.1, 0.15) is 5.82 Å². The average molecular weight is 345 g/mol. The van der Waals surface area contributed by atoms with Gasteiger partial charge in [0.2, 0.25) is 0 Å². The molecule has 4 aromatic rings. The Hall–Kier alpha value is -3.28. The third-order valence-electron chi connectivity index (χ3n) is 4.62. The molecule has 26 heavy (non-hydrogen) atoms. The molecule has 6 heteroatoms. The fourth-order valence-electron chi connectivity index (χ4n) is 2.99. The zero-order valence-corrected chi connectivity index (χ0v) is 14.9. The van der Waals surface area contributed by atoms with Crippen LogP contribution in [0.4, 0.5) is 0 Å². The minimum atomic E-state index is -0.154. The third-order valence-corrected chi connectivity index (χ3v) is 4.62. The molecule has 0 spiro atoms. The SMILES string of the molecule is Cc1nc2ccc(C(=O)NCc3nc4ccccc4n3C)cc2nc1C. The van der Waals surface area contributed by atoms with Crippen LogP contribution < -0.4 is 5.32 Å². The standard InChI is InChI=1S/C20H19N5O/c1-12-13(2)23-17-10-14(8-9-15(17)22-12)20(26)21-11-19-24-16-6-4-5-7-18(16)25(19)3/h4-10H,11H2,1-3H3,(H,21,26). The molecule has 0 aliphatic rings. The van der Waals surface area contributed by atoms with Crippen LogP contribution in [0.2, 0.25) is 0 Å². The van der Waals surface area contributed by atoms with Gasteiger partial charge in [0.25, 0.3) is 5.91 Å². The maximum atomic E-state index is 12.5. The lowest BCUT2D eigenvalue weighted by molar-refractivity contribution is 0.0949. The highest BCUT2D eigenvalue weighted by Crippen LogP contribution is 2.16. The summed E-state index contributed by atoms with van der Waals surface area (Å²) in [5.41, 5.74) is 5.82. The highest BCUT2D eigenvalue weighted by molar-refractivity contribution is 5.97. The average Bonchev–Trinajstić information content (AvgIpc) is 2.96. The number of carbonyl (C=O) groups is 1. The van der Waals surface area contributed by atoms with Crippen molar-refractivity contribution in [3.63, 3.8) is 0 Å². The van der Waals surface area contributed by atoms with Gasteiger partial charge in [-0.25, -0.2) is 15.0 Å². The number of benzene rings is 2. The second-order valence-corrected chi connectivity index (χ2v) is 6.36. The van der Waals surface area contributed by atoms with Gasteiger partial charge in [0.15, 0.2) is 0 Å². The first kappa shape index (κ1) is 16.2. The number of amides is 1. The first-order chi connectivity index (χ1) is 12.5. The van der Waals surface area contributed by atoms with Crippen molar-refractivity contribution < 1.29 is 4.79 Å². The zero-order chi connectivity index (χ0) is 18.3.